The van der Waals surface area contributed by atoms with Gasteiger partial charge in [0.15, 0.2) is 0 Å². The van der Waals surface area contributed by atoms with E-state index in [1.54, 1.807) is 18.2 Å². The van der Waals surface area contributed by atoms with Crippen LogP contribution in [-0.2, 0) is 9.53 Å². The van der Waals surface area contributed by atoms with Gasteiger partial charge >= 0.3 is 5.97 Å². The van der Waals surface area contributed by atoms with Gasteiger partial charge in [-0.05, 0) is 32.0 Å². The predicted molar refractivity (Wildman–Crippen MR) is 66.2 cm³/mol. The van der Waals surface area contributed by atoms with Crippen LogP contribution in [0.5, 0.6) is 0 Å². The summed E-state index contributed by atoms with van der Waals surface area (Å²) >= 11 is 0. The second-order valence-corrected chi connectivity index (χ2v) is 3.81. The van der Waals surface area contributed by atoms with Gasteiger partial charge in [0, 0.05) is 6.04 Å². The van der Waals surface area contributed by atoms with Crippen molar-refractivity contribution in [3.8, 4) is 0 Å². The summed E-state index contributed by atoms with van der Waals surface area (Å²) in [5, 5.41) is 5.72. The minimum Gasteiger partial charge on any atom is -0.465 e. The molecule has 1 aromatic rings. The molecule has 0 radical (unpaired) electrons. The summed E-state index contributed by atoms with van der Waals surface area (Å²) in [6.07, 6.45) is 0.571. The van der Waals surface area contributed by atoms with E-state index in [-0.39, 0.29) is 6.04 Å². The molecule has 0 spiro atoms. The molecule has 0 saturated heterocycles. The first-order valence-electron chi connectivity index (χ1n) is 5.27. The van der Waals surface area contributed by atoms with Crippen LogP contribution in [0.3, 0.4) is 0 Å². The molecule has 17 heavy (non-hydrogen) atoms. The SMILES string of the molecule is COC(=O)c1ccc(NC(C)C)c(NC=O)c1. The fourth-order valence-corrected chi connectivity index (χ4v) is 1.41. The van der Waals surface area contributed by atoms with Crippen LogP contribution < -0.4 is 10.6 Å². The van der Waals surface area contributed by atoms with Crippen LogP contribution in [0.4, 0.5) is 11.4 Å². The smallest absolute Gasteiger partial charge is 0.337 e. The number of benzene rings is 1. The second kappa shape index (κ2) is 5.89. The number of hydrogen-bond donors (Lipinski definition) is 2. The summed E-state index contributed by atoms with van der Waals surface area (Å²) in [4.78, 5) is 21.9. The van der Waals surface area contributed by atoms with Gasteiger partial charge in [0.05, 0.1) is 24.0 Å². The van der Waals surface area contributed by atoms with Crippen LogP contribution in [0.2, 0.25) is 0 Å². The second-order valence-electron chi connectivity index (χ2n) is 3.81. The van der Waals surface area contributed by atoms with E-state index in [9.17, 15) is 9.59 Å². The zero-order valence-electron chi connectivity index (χ0n) is 10.1. The topological polar surface area (TPSA) is 67.4 Å². The third kappa shape index (κ3) is 3.48. The van der Waals surface area contributed by atoms with Gasteiger partial charge in [-0.15, -0.1) is 0 Å². The van der Waals surface area contributed by atoms with Gasteiger partial charge < -0.3 is 15.4 Å². The monoisotopic (exact) mass is 236 g/mol. The average molecular weight is 236 g/mol. The van der Waals surface area contributed by atoms with Crippen molar-refractivity contribution in [1.82, 2.24) is 0 Å². The number of amides is 1. The molecule has 0 heterocycles. The zero-order chi connectivity index (χ0) is 12.8. The maximum absolute atomic E-state index is 11.3. The molecule has 0 bridgehead atoms. The molecule has 1 rings (SSSR count). The quantitative estimate of drug-likeness (QED) is 0.605. The Bertz CT molecular complexity index is 416. The number of esters is 1. The van der Waals surface area contributed by atoms with Crippen LogP contribution in [0.15, 0.2) is 18.2 Å². The summed E-state index contributed by atoms with van der Waals surface area (Å²) in [6.45, 7) is 3.97. The molecule has 0 aliphatic rings. The van der Waals surface area contributed by atoms with Gasteiger partial charge in [-0.3, -0.25) is 4.79 Å². The summed E-state index contributed by atoms with van der Waals surface area (Å²) in [5.41, 5.74) is 1.71. The Labute approximate surface area is 100 Å². The molecule has 5 heteroatoms. The van der Waals surface area contributed by atoms with E-state index in [0.29, 0.717) is 17.7 Å². The van der Waals surface area contributed by atoms with Crippen molar-refractivity contribution < 1.29 is 14.3 Å². The standard InChI is InChI=1S/C12H16N2O3/c1-8(2)14-10-5-4-9(12(16)17-3)6-11(10)13-7-15/h4-8,14H,1-3H3,(H,13,15). The molecular weight excluding hydrogens is 220 g/mol. The lowest BCUT2D eigenvalue weighted by molar-refractivity contribution is -0.105. The summed E-state index contributed by atoms with van der Waals surface area (Å²) in [6, 6.07) is 5.18. The third-order valence-electron chi connectivity index (χ3n) is 2.10. The lowest BCUT2D eigenvalue weighted by Crippen LogP contribution is -2.12. The van der Waals surface area contributed by atoms with Crippen molar-refractivity contribution in [2.24, 2.45) is 0 Å². The van der Waals surface area contributed by atoms with Crippen LogP contribution in [0, 0.1) is 0 Å². The largest absolute Gasteiger partial charge is 0.465 e. The number of rotatable bonds is 5. The van der Waals surface area contributed by atoms with Crippen molar-refractivity contribution in [3.63, 3.8) is 0 Å². The fourth-order valence-electron chi connectivity index (χ4n) is 1.41. The van der Waals surface area contributed by atoms with Crippen LogP contribution >= 0.6 is 0 Å². The molecule has 2 N–H and O–H groups in total. The minimum absolute atomic E-state index is 0.228. The highest BCUT2D eigenvalue weighted by Gasteiger charge is 2.10. The molecule has 0 aromatic heterocycles. The first kappa shape index (κ1) is 13.0. The highest BCUT2D eigenvalue weighted by Crippen LogP contribution is 2.23. The Balaban J connectivity index is 3.07. The predicted octanol–water partition coefficient (Wildman–Crippen LogP) is 1.86. The highest BCUT2D eigenvalue weighted by molar-refractivity contribution is 5.93. The first-order valence-corrected chi connectivity index (χ1v) is 5.27. The normalized spacial score (nSPS) is 9.88. The molecular formula is C12H16N2O3. The Kier molecular flexibility index (Phi) is 4.51. The van der Waals surface area contributed by atoms with Crippen LogP contribution in [0.25, 0.3) is 0 Å². The van der Waals surface area contributed by atoms with Gasteiger partial charge in [0.1, 0.15) is 0 Å². The van der Waals surface area contributed by atoms with E-state index in [0.717, 1.165) is 5.69 Å². The number of ether oxygens (including phenoxy) is 1. The Morgan fingerprint density at radius 2 is 2.06 bits per heavy atom. The van der Waals surface area contributed by atoms with Crippen molar-refractivity contribution in [2.45, 2.75) is 19.9 Å². The molecule has 0 aliphatic carbocycles. The van der Waals surface area contributed by atoms with Crippen molar-refractivity contribution in [3.05, 3.63) is 23.8 Å². The minimum atomic E-state index is -0.435. The van der Waals surface area contributed by atoms with E-state index in [1.807, 2.05) is 13.8 Å². The molecule has 0 atom stereocenters. The summed E-state index contributed by atoms with van der Waals surface area (Å²) in [5.74, 6) is -0.435. The highest BCUT2D eigenvalue weighted by atomic mass is 16.5. The number of methoxy groups -OCH3 is 1. The molecule has 0 fully saturated rings. The molecule has 0 aliphatic heterocycles. The number of carbonyl (C=O) groups is 2. The van der Waals surface area contributed by atoms with Gasteiger partial charge in [0.2, 0.25) is 6.41 Å². The van der Waals surface area contributed by atoms with E-state index in [4.69, 9.17) is 0 Å². The zero-order valence-corrected chi connectivity index (χ0v) is 10.1. The Hall–Kier alpha value is -2.04. The number of carbonyl (C=O) groups excluding carboxylic acids is 2. The van der Waals surface area contributed by atoms with E-state index >= 15 is 0 Å². The molecule has 92 valence electrons. The van der Waals surface area contributed by atoms with Gasteiger partial charge in [-0.25, -0.2) is 4.79 Å². The van der Waals surface area contributed by atoms with E-state index in [1.165, 1.54) is 7.11 Å². The lowest BCUT2D eigenvalue weighted by atomic mass is 10.1. The number of anilines is 2. The maximum atomic E-state index is 11.3. The van der Waals surface area contributed by atoms with Crippen LogP contribution in [-0.4, -0.2) is 25.5 Å². The molecule has 1 amide bonds. The Morgan fingerprint density at radius 1 is 1.35 bits per heavy atom. The van der Waals surface area contributed by atoms with Crippen molar-refractivity contribution >= 4 is 23.8 Å². The molecule has 5 nitrogen and oxygen atoms in total. The summed E-state index contributed by atoms with van der Waals surface area (Å²) in [7, 11) is 1.31. The van der Waals surface area contributed by atoms with Gasteiger partial charge in [0.25, 0.3) is 0 Å². The number of nitrogens with one attached hydrogen (secondary N) is 2. The Morgan fingerprint density at radius 3 is 2.59 bits per heavy atom. The first-order chi connectivity index (χ1) is 8.08. The third-order valence-corrected chi connectivity index (χ3v) is 2.10. The van der Waals surface area contributed by atoms with Crippen LogP contribution in [0.1, 0.15) is 24.2 Å². The maximum Gasteiger partial charge on any atom is 0.337 e. The molecule has 1 aromatic carbocycles. The van der Waals surface area contributed by atoms with Gasteiger partial charge in [-0.1, -0.05) is 0 Å². The van der Waals surface area contributed by atoms with E-state index in [2.05, 4.69) is 15.4 Å². The van der Waals surface area contributed by atoms with Crippen molar-refractivity contribution in [1.29, 1.82) is 0 Å². The lowest BCUT2D eigenvalue weighted by Gasteiger charge is -2.14. The number of hydrogen-bond acceptors (Lipinski definition) is 4. The van der Waals surface area contributed by atoms with Crippen molar-refractivity contribution in [2.75, 3.05) is 17.7 Å². The fraction of sp³-hybridized carbons (Fsp3) is 0.333. The molecule has 0 saturated carbocycles. The van der Waals surface area contributed by atoms with E-state index < -0.39 is 5.97 Å². The van der Waals surface area contributed by atoms with Gasteiger partial charge in [-0.2, -0.15) is 0 Å². The average Bonchev–Trinajstić information content (AvgIpc) is 2.30. The summed E-state index contributed by atoms with van der Waals surface area (Å²) < 4.78 is 4.61. The molecule has 0 unspecified atom stereocenters.